The third-order valence-electron chi connectivity index (χ3n) is 4.43. The summed E-state index contributed by atoms with van der Waals surface area (Å²) >= 11 is 0. The van der Waals surface area contributed by atoms with E-state index in [9.17, 15) is 0 Å². The molecule has 1 aromatic heterocycles. The quantitative estimate of drug-likeness (QED) is 0.936. The molecule has 2 N–H and O–H groups in total. The van der Waals surface area contributed by atoms with Crippen molar-refractivity contribution in [3.63, 3.8) is 0 Å². The molecule has 1 fully saturated rings. The highest BCUT2D eigenvalue weighted by Crippen LogP contribution is 2.36. The summed E-state index contributed by atoms with van der Waals surface area (Å²) in [6.07, 6.45) is 5.06. The first kappa shape index (κ1) is 14.3. The van der Waals surface area contributed by atoms with Crippen LogP contribution in [0.5, 0.6) is 0 Å². The minimum absolute atomic E-state index is 0.193. The van der Waals surface area contributed by atoms with E-state index < -0.39 is 0 Å². The average Bonchev–Trinajstić information content (AvgIpc) is 3.09. The lowest BCUT2D eigenvalue weighted by Crippen LogP contribution is -2.34. The third-order valence-corrected chi connectivity index (χ3v) is 4.43. The van der Waals surface area contributed by atoms with Crippen LogP contribution in [0.15, 0.2) is 34.9 Å². The molecule has 0 bridgehead atoms. The highest BCUT2D eigenvalue weighted by Gasteiger charge is 2.38. The van der Waals surface area contributed by atoms with E-state index in [1.54, 1.807) is 0 Å². The van der Waals surface area contributed by atoms with Gasteiger partial charge in [-0.05, 0) is 24.8 Å². The van der Waals surface area contributed by atoms with Crippen molar-refractivity contribution in [2.24, 2.45) is 5.73 Å². The Morgan fingerprint density at radius 3 is 2.52 bits per heavy atom. The molecule has 0 aliphatic heterocycles. The number of rotatable bonds is 4. The molecule has 0 atom stereocenters. The molecule has 1 saturated carbocycles. The van der Waals surface area contributed by atoms with Crippen molar-refractivity contribution in [3.8, 4) is 0 Å². The molecule has 21 heavy (non-hydrogen) atoms. The number of hydrogen-bond acceptors (Lipinski definition) is 4. The van der Waals surface area contributed by atoms with Crippen LogP contribution in [0.3, 0.4) is 0 Å². The fraction of sp³-hybridized carbons (Fsp3) is 0.529. The Kier molecular flexibility index (Phi) is 3.57. The van der Waals surface area contributed by atoms with Crippen molar-refractivity contribution in [1.29, 1.82) is 0 Å². The van der Waals surface area contributed by atoms with Crippen molar-refractivity contribution >= 4 is 0 Å². The summed E-state index contributed by atoms with van der Waals surface area (Å²) < 4.78 is 5.54. The topological polar surface area (TPSA) is 64.9 Å². The Balaban J connectivity index is 1.81. The van der Waals surface area contributed by atoms with E-state index in [0.29, 0.717) is 11.7 Å². The van der Waals surface area contributed by atoms with Crippen LogP contribution in [-0.4, -0.2) is 10.1 Å². The summed E-state index contributed by atoms with van der Waals surface area (Å²) in [6, 6.07) is 10.4. The molecule has 1 aliphatic carbocycles. The maximum atomic E-state index is 6.40. The lowest BCUT2D eigenvalue weighted by molar-refractivity contribution is 0.297. The number of hydrogen-bond donors (Lipinski definition) is 1. The van der Waals surface area contributed by atoms with E-state index in [1.165, 1.54) is 5.56 Å². The monoisotopic (exact) mass is 285 g/mol. The van der Waals surface area contributed by atoms with Crippen LogP contribution in [0.4, 0.5) is 0 Å². The molecule has 0 saturated heterocycles. The van der Waals surface area contributed by atoms with E-state index in [1.807, 2.05) is 6.07 Å². The summed E-state index contributed by atoms with van der Waals surface area (Å²) in [5.41, 5.74) is 7.10. The lowest BCUT2D eigenvalue weighted by atomic mass is 9.85. The molecule has 3 rings (SSSR count). The summed E-state index contributed by atoms with van der Waals surface area (Å²) in [4.78, 5) is 4.63. The zero-order valence-electron chi connectivity index (χ0n) is 12.8. The minimum Gasteiger partial charge on any atom is -0.339 e. The Morgan fingerprint density at radius 2 is 1.86 bits per heavy atom. The van der Waals surface area contributed by atoms with Crippen molar-refractivity contribution < 1.29 is 4.52 Å². The fourth-order valence-electron chi connectivity index (χ4n) is 3.11. The van der Waals surface area contributed by atoms with Crippen molar-refractivity contribution in [2.45, 2.75) is 56.9 Å². The maximum absolute atomic E-state index is 6.40. The zero-order valence-corrected chi connectivity index (χ0v) is 12.8. The van der Waals surface area contributed by atoms with Crippen molar-refractivity contribution in [3.05, 3.63) is 47.6 Å². The standard InChI is InChI=1S/C17H23N3O/c1-16(2,12-13-8-4-3-5-9-13)15-19-14(20-21-15)17(18)10-6-7-11-17/h3-5,8-9H,6-7,10-12,18H2,1-2H3. The Labute approximate surface area is 125 Å². The first-order valence-corrected chi connectivity index (χ1v) is 7.67. The molecule has 1 aromatic carbocycles. The Morgan fingerprint density at radius 1 is 1.19 bits per heavy atom. The van der Waals surface area contributed by atoms with Gasteiger partial charge in [-0.2, -0.15) is 4.98 Å². The third kappa shape index (κ3) is 2.86. The summed E-state index contributed by atoms with van der Waals surface area (Å²) in [7, 11) is 0. The van der Waals surface area contributed by atoms with Crippen LogP contribution in [0.1, 0.15) is 56.8 Å². The first-order valence-electron chi connectivity index (χ1n) is 7.67. The normalized spacial score (nSPS) is 18.0. The summed E-state index contributed by atoms with van der Waals surface area (Å²) in [6.45, 7) is 4.27. The maximum Gasteiger partial charge on any atom is 0.232 e. The van der Waals surface area contributed by atoms with Crippen molar-refractivity contribution in [1.82, 2.24) is 10.1 Å². The number of benzene rings is 1. The predicted molar refractivity (Wildman–Crippen MR) is 81.8 cm³/mol. The average molecular weight is 285 g/mol. The van der Waals surface area contributed by atoms with E-state index in [0.717, 1.165) is 32.1 Å². The van der Waals surface area contributed by atoms with E-state index in [4.69, 9.17) is 10.3 Å². The second-order valence-electron chi connectivity index (χ2n) is 6.83. The van der Waals surface area contributed by atoms with E-state index in [2.05, 4.69) is 48.3 Å². The molecule has 112 valence electrons. The summed E-state index contributed by atoms with van der Waals surface area (Å²) in [5, 5.41) is 4.17. The van der Waals surface area contributed by atoms with E-state index in [-0.39, 0.29) is 11.0 Å². The van der Waals surface area contributed by atoms with Crippen LogP contribution in [0.25, 0.3) is 0 Å². The molecule has 0 radical (unpaired) electrons. The van der Waals surface area contributed by atoms with Crippen LogP contribution in [0.2, 0.25) is 0 Å². The largest absolute Gasteiger partial charge is 0.339 e. The molecule has 1 heterocycles. The van der Waals surface area contributed by atoms with Gasteiger partial charge in [0.15, 0.2) is 5.82 Å². The second-order valence-corrected chi connectivity index (χ2v) is 6.83. The van der Waals surface area contributed by atoms with Crippen molar-refractivity contribution in [2.75, 3.05) is 0 Å². The predicted octanol–water partition coefficient (Wildman–Crippen LogP) is 3.32. The van der Waals surface area contributed by atoms with Gasteiger partial charge in [0.25, 0.3) is 0 Å². The SMILES string of the molecule is CC(C)(Cc1ccccc1)c1nc(C2(N)CCCC2)no1. The smallest absolute Gasteiger partial charge is 0.232 e. The zero-order chi connectivity index (χ0) is 14.9. The highest BCUT2D eigenvalue weighted by molar-refractivity contribution is 5.20. The van der Waals surface area contributed by atoms with Crippen LogP contribution in [-0.2, 0) is 17.4 Å². The number of nitrogens with two attached hydrogens (primary N) is 1. The van der Waals surface area contributed by atoms with Crippen LogP contribution < -0.4 is 5.73 Å². The number of aromatic nitrogens is 2. The molecule has 4 nitrogen and oxygen atoms in total. The molecule has 4 heteroatoms. The van der Waals surface area contributed by atoms with Gasteiger partial charge >= 0.3 is 0 Å². The molecule has 0 amide bonds. The Bertz CT molecular complexity index is 598. The Hall–Kier alpha value is -1.68. The minimum atomic E-state index is -0.384. The second kappa shape index (κ2) is 5.26. The fourth-order valence-corrected chi connectivity index (χ4v) is 3.11. The molecular weight excluding hydrogens is 262 g/mol. The molecule has 0 spiro atoms. The lowest BCUT2D eigenvalue weighted by Gasteiger charge is -2.20. The van der Waals surface area contributed by atoms with Gasteiger partial charge in [0.2, 0.25) is 5.89 Å². The van der Waals surface area contributed by atoms with Crippen LogP contribution in [0, 0.1) is 0 Å². The highest BCUT2D eigenvalue weighted by atomic mass is 16.5. The van der Waals surface area contributed by atoms with Gasteiger partial charge in [-0.1, -0.05) is 62.2 Å². The summed E-state index contributed by atoms with van der Waals surface area (Å²) in [5.74, 6) is 1.36. The molecule has 2 aromatic rings. The van der Waals surface area contributed by atoms with Gasteiger partial charge < -0.3 is 10.3 Å². The van der Waals surface area contributed by atoms with Gasteiger partial charge in [-0.3, -0.25) is 0 Å². The van der Waals surface area contributed by atoms with Gasteiger partial charge in [0, 0.05) is 5.41 Å². The molecule has 1 aliphatic rings. The molecular formula is C17H23N3O. The van der Waals surface area contributed by atoms with E-state index >= 15 is 0 Å². The van der Waals surface area contributed by atoms with Gasteiger partial charge in [0.05, 0.1) is 5.54 Å². The number of nitrogens with zero attached hydrogens (tertiary/aromatic N) is 2. The molecule has 0 unspecified atom stereocenters. The first-order chi connectivity index (χ1) is 10.00. The van der Waals surface area contributed by atoms with Gasteiger partial charge in [-0.25, -0.2) is 0 Å². The van der Waals surface area contributed by atoms with Gasteiger partial charge in [0.1, 0.15) is 0 Å². The van der Waals surface area contributed by atoms with Crippen LogP contribution >= 0.6 is 0 Å². The van der Waals surface area contributed by atoms with Gasteiger partial charge in [-0.15, -0.1) is 0 Å².